The first kappa shape index (κ1) is 11.7. The van der Waals surface area contributed by atoms with Crippen LogP contribution < -0.4 is 0 Å². The van der Waals surface area contributed by atoms with E-state index in [0.717, 1.165) is 23.0 Å². The molecule has 1 aromatic heterocycles. The highest BCUT2D eigenvalue weighted by Crippen LogP contribution is 2.19. The van der Waals surface area contributed by atoms with Crippen LogP contribution in [0.15, 0.2) is 60.8 Å². The van der Waals surface area contributed by atoms with Crippen molar-refractivity contribution in [3.8, 4) is 0 Å². The number of Topliss-reactive ketones (excluding diaryl/α,β-unsaturated/α-hetero) is 1. The summed E-state index contributed by atoms with van der Waals surface area (Å²) in [6, 6.07) is 18.3. The molecule has 0 fully saturated rings. The number of hydrogen-bond acceptors (Lipinski definition) is 1. The molecule has 0 aliphatic heterocycles. The first-order valence-electron chi connectivity index (χ1n) is 6.38. The number of carbonyl (C=O) groups is 1. The van der Waals surface area contributed by atoms with E-state index in [4.69, 9.17) is 0 Å². The summed E-state index contributed by atoms with van der Waals surface area (Å²) in [5, 5.41) is 1.11. The van der Waals surface area contributed by atoms with E-state index in [-0.39, 0.29) is 5.78 Å². The quantitative estimate of drug-likeness (QED) is 0.645. The van der Waals surface area contributed by atoms with Crippen LogP contribution in [-0.4, -0.2) is 10.4 Å². The van der Waals surface area contributed by atoms with Gasteiger partial charge in [0.05, 0.1) is 0 Å². The van der Waals surface area contributed by atoms with Gasteiger partial charge in [-0.15, -0.1) is 0 Å². The van der Waals surface area contributed by atoms with Crippen LogP contribution in [0.2, 0.25) is 0 Å². The Bertz CT molecular complexity index is 725. The number of aromatic nitrogens is 1. The van der Waals surface area contributed by atoms with Crippen molar-refractivity contribution in [1.29, 1.82) is 0 Å². The fourth-order valence-corrected chi connectivity index (χ4v) is 2.34. The van der Waals surface area contributed by atoms with Gasteiger partial charge >= 0.3 is 0 Å². The lowest BCUT2D eigenvalue weighted by molar-refractivity contribution is 0.101. The monoisotopic (exact) mass is 249 g/mol. The Morgan fingerprint density at radius 3 is 2.58 bits per heavy atom. The van der Waals surface area contributed by atoms with Crippen LogP contribution in [0, 0.1) is 0 Å². The molecule has 94 valence electrons. The molecule has 2 nitrogen and oxygen atoms in total. The highest BCUT2D eigenvalue weighted by atomic mass is 16.1. The SMILES string of the molecule is CC(=O)c1ccc2c(ccn2Cc2ccccc2)c1. The summed E-state index contributed by atoms with van der Waals surface area (Å²) in [5.74, 6) is 0.109. The Morgan fingerprint density at radius 1 is 1.05 bits per heavy atom. The maximum atomic E-state index is 11.4. The Labute approximate surface area is 112 Å². The summed E-state index contributed by atoms with van der Waals surface area (Å²) < 4.78 is 2.20. The predicted octanol–water partition coefficient (Wildman–Crippen LogP) is 3.89. The average molecular weight is 249 g/mol. The minimum atomic E-state index is 0.109. The molecule has 1 heterocycles. The third-order valence-corrected chi connectivity index (χ3v) is 3.37. The lowest BCUT2D eigenvalue weighted by Crippen LogP contribution is -1.98. The molecule has 3 aromatic rings. The first-order chi connectivity index (χ1) is 9.24. The van der Waals surface area contributed by atoms with Crippen molar-refractivity contribution < 1.29 is 4.79 Å². The normalized spacial score (nSPS) is 10.8. The summed E-state index contributed by atoms with van der Waals surface area (Å²) in [7, 11) is 0. The Kier molecular flexibility index (Phi) is 2.92. The number of nitrogens with zero attached hydrogens (tertiary/aromatic N) is 1. The highest BCUT2D eigenvalue weighted by Gasteiger charge is 2.05. The van der Waals surface area contributed by atoms with Gasteiger partial charge in [-0.1, -0.05) is 30.3 Å². The van der Waals surface area contributed by atoms with E-state index in [9.17, 15) is 4.79 Å². The van der Waals surface area contributed by atoms with Crippen molar-refractivity contribution in [3.05, 3.63) is 71.9 Å². The van der Waals surface area contributed by atoms with Gasteiger partial charge in [-0.2, -0.15) is 0 Å². The minimum absolute atomic E-state index is 0.109. The van der Waals surface area contributed by atoms with Crippen molar-refractivity contribution >= 4 is 16.7 Å². The van der Waals surface area contributed by atoms with Crippen LogP contribution in [0.4, 0.5) is 0 Å². The number of rotatable bonds is 3. The molecule has 2 aromatic carbocycles. The number of ketones is 1. The summed E-state index contributed by atoms with van der Waals surface area (Å²) in [4.78, 5) is 11.4. The molecule has 0 spiro atoms. The molecule has 2 heteroatoms. The molecule has 0 aliphatic rings. The topological polar surface area (TPSA) is 22.0 Å². The average Bonchev–Trinajstić information content (AvgIpc) is 2.82. The Balaban J connectivity index is 1.99. The molecule has 3 rings (SSSR count). The molecule has 0 bridgehead atoms. The van der Waals surface area contributed by atoms with Gasteiger partial charge in [0.2, 0.25) is 0 Å². The van der Waals surface area contributed by atoms with Crippen molar-refractivity contribution in [2.45, 2.75) is 13.5 Å². The van der Waals surface area contributed by atoms with Gasteiger partial charge in [0.1, 0.15) is 0 Å². The predicted molar refractivity (Wildman–Crippen MR) is 77.5 cm³/mol. The number of hydrogen-bond donors (Lipinski definition) is 0. The smallest absolute Gasteiger partial charge is 0.159 e. The Hall–Kier alpha value is -2.35. The second-order valence-corrected chi connectivity index (χ2v) is 4.76. The molecule has 0 amide bonds. The second-order valence-electron chi connectivity index (χ2n) is 4.76. The zero-order valence-corrected chi connectivity index (χ0v) is 10.8. The zero-order chi connectivity index (χ0) is 13.2. The number of benzene rings is 2. The van der Waals surface area contributed by atoms with Crippen LogP contribution in [0.5, 0.6) is 0 Å². The summed E-state index contributed by atoms with van der Waals surface area (Å²) in [6.07, 6.45) is 2.07. The lowest BCUT2D eigenvalue weighted by Gasteiger charge is -2.06. The van der Waals surface area contributed by atoms with E-state index in [1.54, 1.807) is 6.92 Å². The van der Waals surface area contributed by atoms with E-state index in [2.05, 4.69) is 41.1 Å². The second kappa shape index (κ2) is 4.73. The third kappa shape index (κ3) is 2.29. The fraction of sp³-hybridized carbons (Fsp3) is 0.118. The van der Waals surface area contributed by atoms with Crippen LogP contribution in [0.25, 0.3) is 10.9 Å². The summed E-state index contributed by atoms with van der Waals surface area (Å²) in [5.41, 5.74) is 3.20. The van der Waals surface area contributed by atoms with Gasteiger partial charge in [0.25, 0.3) is 0 Å². The highest BCUT2D eigenvalue weighted by molar-refractivity contribution is 5.98. The van der Waals surface area contributed by atoms with E-state index in [1.165, 1.54) is 5.56 Å². The molecule has 19 heavy (non-hydrogen) atoms. The molecule has 0 aliphatic carbocycles. The number of fused-ring (bicyclic) bond motifs is 1. The Morgan fingerprint density at radius 2 is 1.84 bits per heavy atom. The lowest BCUT2D eigenvalue weighted by atomic mass is 10.1. The van der Waals surface area contributed by atoms with Gasteiger partial charge in [-0.05, 0) is 36.8 Å². The maximum absolute atomic E-state index is 11.4. The molecule has 0 radical (unpaired) electrons. The largest absolute Gasteiger partial charge is 0.343 e. The minimum Gasteiger partial charge on any atom is -0.343 e. The van der Waals surface area contributed by atoms with Crippen molar-refractivity contribution in [3.63, 3.8) is 0 Å². The molecule has 0 atom stereocenters. The maximum Gasteiger partial charge on any atom is 0.159 e. The molecular formula is C17H15NO. The van der Waals surface area contributed by atoms with Gasteiger partial charge < -0.3 is 4.57 Å². The molecule has 0 unspecified atom stereocenters. The molecular weight excluding hydrogens is 234 g/mol. The van der Waals surface area contributed by atoms with Gasteiger partial charge in [-0.25, -0.2) is 0 Å². The van der Waals surface area contributed by atoms with Crippen molar-refractivity contribution in [1.82, 2.24) is 4.57 Å². The van der Waals surface area contributed by atoms with Gasteiger partial charge in [0.15, 0.2) is 5.78 Å². The van der Waals surface area contributed by atoms with E-state index >= 15 is 0 Å². The molecule has 0 saturated carbocycles. The van der Waals surface area contributed by atoms with E-state index < -0.39 is 0 Å². The number of carbonyl (C=O) groups excluding carboxylic acids is 1. The van der Waals surface area contributed by atoms with Crippen molar-refractivity contribution in [2.24, 2.45) is 0 Å². The van der Waals surface area contributed by atoms with Crippen LogP contribution >= 0.6 is 0 Å². The van der Waals surface area contributed by atoms with Crippen LogP contribution in [-0.2, 0) is 6.54 Å². The summed E-state index contributed by atoms with van der Waals surface area (Å²) >= 11 is 0. The van der Waals surface area contributed by atoms with Crippen LogP contribution in [0.1, 0.15) is 22.8 Å². The van der Waals surface area contributed by atoms with E-state index in [1.807, 2.05) is 24.3 Å². The fourth-order valence-electron chi connectivity index (χ4n) is 2.34. The molecule has 0 N–H and O–H groups in total. The van der Waals surface area contributed by atoms with Gasteiger partial charge in [0, 0.05) is 29.2 Å². The molecule has 0 saturated heterocycles. The zero-order valence-electron chi connectivity index (χ0n) is 10.8. The van der Waals surface area contributed by atoms with Crippen LogP contribution in [0.3, 0.4) is 0 Å². The first-order valence-corrected chi connectivity index (χ1v) is 6.38. The third-order valence-electron chi connectivity index (χ3n) is 3.37. The van der Waals surface area contributed by atoms with Gasteiger partial charge in [-0.3, -0.25) is 4.79 Å². The van der Waals surface area contributed by atoms with Crippen molar-refractivity contribution in [2.75, 3.05) is 0 Å². The summed E-state index contributed by atoms with van der Waals surface area (Å²) in [6.45, 7) is 2.45. The standard InChI is InChI=1S/C17H15NO/c1-13(19)15-7-8-17-16(11-15)9-10-18(17)12-14-5-3-2-4-6-14/h2-11H,12H2,1H3. The van der Waals surface area contributed by atoms with E-state index in [0.29, 0.717) is 0 Å².